The molecule has 3 rings (SSSR count). The van der Waals surface area contributed by atoms with Crippen LogP contribution in [0.15, 0.2) is 12.1 Å². The number of carbonyl (C=O) groups excluding carboxylic acids is 2. The van der Waals surface area contributed by atoms with Gasteiger partial charge in [0.25, 0.3) is 0 Å². The Kier molecular flexibility index (Phi) is 4.90. The van der Waals surface area contributed by atoms with E-state index in [1.807, 2.05) is 18.7 Å². The van der Waals surface area contributed by atoms with Crippen LogP contribution < -0.4 is 10.2 Å². The molecule has 1 aromatic rings. The van der Waals surface area contributed by atoms with E-state index in [0.717, 1.165) is 36.3 Å². The lowest BCUT2D eigenvalue weighted by Gasteiger charge is -2.22. The molecule has 0 saturated carbocycles. The first-order valence-corrected chi connectivity index (χ1v) is 8.76. The zero-order valence-corrected chi connectivity index (χ0v) is 14.7. The fraction of sp³-hybridized carbons (Fsp3) is 0.579. The summed E-state index contributed by atoms with van der Waals surface area (Å²) < 4.78 is 5.49. The fourth-order valence-electron chi connectivity index (χ4n) is 3.90. The molecule has 5 heteroatoms. The van der Waals surface area contributed by atoms with Crippen molar-refractivity contribution in [2.24, 2.45) is 0 Å². The first kappa shape index (κ1) is 17.0. The standard InChI is InChI=1S/C19H26N2O3/c1-12-9-13(2)18(14(3)10-12)21-7-6-16(19(21)23)20-17(22)11-15-5-4-8-24-15/h9-10,15-16H,4-8,11H2,1-3H3,(H,20,22)/t15-,16-/m0/s1. The van der Waals surface area contributed by atoms with Gasteiger partial charge in [-0.15, -0.1) is 0 Å². The molecule has 0 bridgehead atoms. The Labute approximate surface area is 143 Å². The molecule has 130 valence electrons. The minimum atomic E-state index is -0.418. The molecule has 0 radical (unpaired) electrons. The fourth-order valence-corrected chi connectivity index (χ4v) is 3.90. The lowest BCUT2D eigenvalue weighted by Crippen LogP contribution is -2.42. The first-order valence-electron chi connectivity index (χ1n) is 8.76. The van der Waals surface area contributed by atoms with E-state index in [-0.39, 0.29) is 17.9 Å². The number of anilines is 1. The molecule has 0 spiro atoms. The van der Waals surface area contributed by atoms with E-state index in [9.17, 15) is 9.59 Å². The maximum absolute atomic E-state index is 12.7. The monoisotopic (exact) mass is 330 g/mol. The lowest BCUT2D eigenvalue weighted by atomic mass is 10.0. The summed E-state index contributed by atoms with van der Waals surface area (Å²) in [5.74, 6) is -0.0924. The summed E-state index contributed by atoms with van der Waals surface area (Å²) in [6, 6.07) is 3.77. The summed E-state index contributed by atoms with van der Waals surface area (Å²) >= 11 is 0. The zero-order valence-electron chi connectivity index (χ0n) is 14.7. The van der Waals surface area contributed by atoms with E-state index in [4.69, 9.17) is 4.74 Å². The molecule has 2 aliphatic heterocycles. The molecule has 1 N–H and O–H groups in total. The van der Waals surface area contributed by atoms with Gasteiger partial charge in [0.05, 0.1) is 12.5 Å². The van der Waals surface area contributed by atoms with Crippen molar-refractivity contribution in [3.8, 4) is 0 Å². The van der Waals surface area contributed by atoms with Crippen molar-refractivity contribution in [2.75, 3.05) is 18.1 Å². The van der Waals surface area contributed by atoms with Crippen molar-refractivity contribution in [3.63, 3.8) is 0 Å². The molecular weight excluding hydrogens is 304 g/mol. The second kappa shape index (κ2) is 6.93. The van der Waals surface area contributed by atoms with Gasteiger partial charge in [-0.2, -0.15) is 0 Å². The minimum Gasteiger partial charge on any atom is -0.378 e. The number of hydrogen-bond acceptors (Lipinski definition) is 3. The normalized spacial score (nSPS) is 23.8. The van der Waals surface area contributed by atoms with Gasteiger partial charge >= 0.3 is 0 Å². The van der Waals surface area contributed by atoms with Crippen LogP contribution in [0.25, 0.3) is 0 Å². The summed E-state index contributed by atoms with van der Waals surface area (Å²) in [7, 11) is 0. The highest BCUT2D eigenvalue weighted by Crippen LogP contribution is 2.30. The van der Waals surface area contributed by atoms with Gasteiger partial charge in [-0.05, 0) is 51.2 Å². The number of benzene rings is 1. The van der Waals surface area contributed by atoms with Gasteiger partial charge in [0.2, 0.25) is 11.8 Å². The van der Waals surface area contributed by atoms with Gasteiger partial charge in [0.1, 0.15) is 6.04 Å². The third-order valence-electron chi connectivity index (χ3n) is 4.88. The van der Waals surface area contributed by atoms with Crippen molar-refractivity contribution >= 4 is 17.5 Å². The molecule has 1 aromatic carbocycles. The maximum Gasteiger partial charge on any atom is 0.249 e. The summed E-state index contributed by atoms with van der Waals surface area (Å²) in [4.78, 5) is 26.7. The number of nitrogens with one attached hydrogen (secondary N) is 1. The van der Waals surface area contributed by atoms with Crippen molar-refractivity contribution in [1.29, 1.82) is 0 Å². The SMILES string of the molecule is Cc1cc(C)c(N2CC[C@H](NC(=O)C[C@@H]3CCCO3)C2=O)c(C)c1. The molecular formula is C19H26N2O3. The first-order chi connectivity index (χ1) is 11.5. The van der Waals surface area contributed by atoms with Crippen LogP contribution in [0.2, 0.25) is 0 Å². The number of amides is 2. The number of carbonyl (C=O) groups is 2. The van der Waals surface area contributed by atoms with Crippen LogP contribution in [-0.4, -0.2) is 37.1 Å². The molecule has 2 saturated heterocycles. The van der Waals surface area contributed by atoms with Gasteiger partial charge in [0, 0.05) is 18.8 Å². The van der Waals surface area contributed by atoms with E-state index in [0.29, 0.717) is 19.4 Å². The highest BCUT2D eigenvalue weighted by atomic mass is 16.5. The van der Waals surface area contributed by atoms with Gasteiger partial charge in [0.15, 0.2) is 0 Å². The summed E-state index contributed by atoms with van der Waals surface area (Å²) in [6.07, 6.45) is 2.97. The van der Waals surface area contributed by atoms with Crippen molar-refractivity contribution in [1.82, 2.24) is 5.32 Å². The molecule has 2 fully saturated rings. The van der Waals surface area contributed by atoms with Crippen LogP contribution in [0.4, 0.5) is 5.69 Å². The van der Waals surface area contributed by atoms with E-state index in [2.05, 4.69) is 24.4 Å². The summed E-state index contributed by atoms with van der Waals surface area (Å²) in [5, 5.41) is 2.90. The van der Waals surface area contributed by atoms with Gasteiger partial charge in [-0.3, -0.25) is 9.59 Å². The lowest BCUT2D eigenvalue weighted by molar-refractivity contribution is -0.127. The van der Waals surface area contributed by atoms with E-state index >= 15 is 0 Å². The average molecular weight is 330 g/mol. The van der Waals surface area contributed by atoms with Gasteiger partial charge in [-0.25, -0.2) is 0 Å². The molecule has 2 atom stereocenters. The molecule has 0 unspecified atom stereocenters. The molecule has 0 aliphatic carbocycles. The van der Waals surface area contributed by atoms with Crippen LogP contribution in [0, 0.1) is 20.8 Å². The van der Waals surface area contributed by atoms with Gasteiger partial charge < -0.3 is 15.0 Å². The highest BCUT2D eigenvalue weighted by Gasteiger charge is 2.35. The maximum atomic E-state index is 12.7. The number of hydrogen-bond donors (Lipinski definition) is 1. The molecule has 24 heavy (non-hydrogen) atoms. The Bertz CT molecular complexity index is 627. The van der Waals surface area contributed by atoms with Crippen LogP contribution in [0.3, 0.4) is 0 Å². The van der Waals surface area contributed by atoms with Crippen LogP contribution in [-0.2, 0) is 14.3 Å². The molecule has 0 aromatic heterocycles. The Morgan fingerprint density at radius 1 is 1.25 bits per heavy atom. The third kappa shape index (κ3) is 3.46. The van der Waals surface area contributed by atoms with Crippen molar-refractivity contribution in [2.45, 2.75) is 58.6 Å². The van der Waals surface area contributed by atoms with E-state index in [1.165, 1.54) is 5.56 Å². The zero-order chi connectivity index (χ0) is 17.3. The van der Waals surface area contributed by atoms with E-state index < -0.39 is 6.04 Å². The minimum absolute atomic E-state index is 0.00857. The quantitative estimate of drug-likeness (QED) is 0.922. The van der Waals surface area contributed by atoms with Crippen LogP contribution >= 0.6 is 0 Å². The Morgan fingerprint density at radius 3 is 2.58 bits per heavy atom. The second-order valence-electron chi connectivity index (χ2n) is 6.99. The summed E-state index contributed by atoms with van der Waals surface area (Å²) in [5.41, 5.74) is 4.39. The summed E-state index contributed by atoms with van der Waals surface area (Å²) in [6.45, 7) is 7.51. The van der Waals surface area contributed by atoms with Crippen LogP contribution in [0.1, 0.15) is 42.4 Å². The second-order valence-corrected chi connectivity index (χ2v) is 6.99. The molecule has 2 amide bonds. The number of nitrogens with zero attached hydrogens (tertiary/aromatic N) is 1. The number of ether oxygens (including phenoxy) is 1. The van der Waals surface area contributed by atoms with Gasteiger partial charge in [-0.1, -0.05) is 17.7 Å². The molecule has 5 nitrogen and oxygen atoms in total. The van der Waals surface area contributed by atoms with Crippen molar-refractivity contribution in [3.05, 3.63) is 28.8 Å². The number of rotatable bonds is 4. The Morgan fingerprint density at radius 2 is 1.96 bits per heavy atom. The molecule has 2 heterocycles. The Balaban J connectivity index is 1.66. The van der Waals surface area contributed by atoms with Crippen molar-refractivity contribution < 1.29 is 14.3 Å². The topological polar surface area (TPSA) is 58.6 Å². The largest absolute Gasteiger partial charge is 0.378 e. The average Bonchev–Trinajstić information content (AvgIpc) is 3.11. The Hall–Kier alpha value is -1.88. The van der Waals surface area contributed by atoms with E-state index in [1.54, 1.807) is 0 Å². The number of aryl methyl sites for hydroxylation is 3. The predicted octanol–water partition coefficient (Wildman–Crippen LogP) is 2.40. The van der Waals surface area contributed by atoms with Crippen LogP contribution in [0.5, 0.6) is 0 Å². The molecule has 2 aliphatic rings. The third-order valence-corrected chi connectivity index (χ3v) is 4.88. The highest BCUT2D eigenvalue weighted by molar-refractivity contribution is 6.02. The predicted molar refractivity (Wildman–Crippen MR) is 93.1 cm³/mol. The smallest absolute Gasteiger partial charge is 0.249 e.